The van der Waals surface area contributed by atoms with Crippen LogP contribution >= 0.6 is 23.2 Å². The molecule has 1 fully saturated rings. The van der Waals surface area contributed by atoms with Crippen molar-refractivity contribution < 1.29 is 8.42 Å². The van der Waals surface area contributed by atoms with E-state index in [9.17, 15) is 8.42 Å². The van der Waals surface area contributed by atoms with Crippen LogP contribution in [-0.4, -0.2) is 14.5 Å². The molecule has 1 saturated carbocycles. The van der Waals surface area contributed by atoms with Crippen LogP contribution in [0.25, 0.3) is 0 Å². The number of hydrogen-bond acceptors (Lipinski definition) is 2. The third-order valence-corrected chi connectivity index (χ3v) is 5.81. The van der Waals surface area contributed by atoms with E-state index in [1.165, 1.54) is 12.1 Å². The van der Waals surface area contributed by atoms with Crippen LogP contribution in [0.4, 0.5) is 0 Å². The Hall–Kier alpha value is -0.290. The maximum atomic E-state index is 12.4. The Labute approximate surface area is 124 Å². The molecule has 2 rings (SSSR count). The van der Waals surface area contributed by atoms with E-state index in [2.05, 4.69) is 11.6 Å². The zero-order valence-electron chi connectivity index (χ0n) is 10.7. The summed E-state index contributed by atoms with van der Waals surface area (Å²) in [7, 11) is -3.61. The van der Waals surface area contributed by atoms with Gasteiger partial charge in [0.2, 0.25) is 10.0 Å². The standard InChI is InChI=1S/C13H17Cl2NO2S/c1-9-4-2-3-5-12(9)16-19(17,18)13-8-10(14)6-7-11(13)15/h6-9,12,16H,2-5H2,1H3/t9-,12-/m1/s1. The highest BCUT2D eigenvalue weighted by molar-refractivity contribution is 7.89. The molecule has 0 spiro atoms. The van der Waals surface area contributed by atoms with E-state index >= 15 is 0 Å². The molecule has 0 heterocycles. The lowest BCUT2D eigenvalue weighted by molar-refractivity contribution is 0.310. The van der Waals surface area contributed by atoms with Crippen molar-refractivity contribution in [1.29, 1.82) is 0 Å². The van der Waals surface area contributed by atoms with E-state index in [0.29, 0.717) is 10.9 Å². The van der Waals surface area contributed by atoms with Crippen LogP contribution < -0.4 is 4.72 Å². The summed E-state index contributed by atoms with van der Waals surface area (Å²) in [5.74, 6) is 0.349. The summed E-state index contributed by atoms with van der Waals surface area (Å²) in [5.41, 5.74) is 0. The van der Waals surface area contributed by atoms with E-state index in [1.807, 2.05) is 0 Å². The average Bonchev–Trinajstić information content (AvgIpc) is 2.35. The van der Waals surface area contributed by atoms with Gasteiger partial charge in [-0.05, 0) is 37.0 Å². The zero-order chi connectivity index (χ0) is 14.0. The Balaban J connectivity index is 2.24. The Kier molecular flexibility index (Phi) is 4.77. The molecule has 1 aromatic rings. The van der Waals surface area contributed by atoms with Gasteiger partial charge in [-0.1, -0.05) is 43.0 Å². The highest BCUT2D eigenvalue weighted by Crippen LogP contribution is 2.28. The molecule has 19 heavy (non-hydrogen) atoms. The van der Waals surface area contributed by atoms with Gasteiger partial charge in [0.1, 0.15) is 4.90 Å². The van der Waals surface area contributed by atoms with E-state index in [4.69, 9.17) is 23.2 Å². The van der Waals surface area contributed by atoms with E-state index in [-0.39, 0.29) is 16.0 Å². The zero-order valence-corrected chi connectivity index (χ0v) is 13.0. The van der Waals surface area contributed by atoms with Crippen molar-refractivity contribution in [2.45, 2.75) is 43.5 Å². The van der Waals surface area contributed by atoms with Gasteiger partial charge in [-0.2, -0.15) is 0 Å². The minimum atomic E-state index is -3.61. The van der Waals surface area contributed by atoms with Crippen LogP contribution in [0.3, 0.4) is 0 Å². The molecule has 0 unspecified atom stereocenters. The monoisotopic (exact) mass is 321 g/mol. The van der Waals surface area contributed by atoms with Gasteiger partial charge in [0, 0.05) is 11.1 Å². The van der Waals surface area contributed by atoms with Crippen LogP contribution in [0.5, 0.6) is 0 Å². The molecular formula is C13H17Cl2NO2S. The molecule has 2 atom stereocenters. The quantitative estimate of drug-likeness (QED) is 0.919. The maximum Gasteiger partial charge on any atom is 0.242 e. The molecule has 3 nitrogen and oxygen atoms in total. The fourth-order valence-corrected chi connectivity index (χ4v) is 4.58. The predicted molar refractivity (Wildman–Crippen MR) is 78.2 cm³/mol. The van der Waals surface area contributed by atoms with Crippen LogP contribution in [-0.2, 0) is 10.0 Å². The van der Waals surface area contributed by atoms with Gasteiger partial charge < -0.3 is 0 Å². The summed E-state index contributed by atoms with van der Waals surface area (Å²) in [6.07, 6.45) is 4.15. The first-order valence-corrected chi connectivity index (χ1v) is 8.61. The topological polar surface area (TPSA) is 46.2 Å². The second-order valence-electron chi connectivity index (χ2n) is 5.06. The summed E-state index contributed by atoms with van der Waals surface area (Å²) < 4.78 is 27.5. The second kappa shape index (κ2) is 6.00. The number of hydrogen-bond donors (Lipinski definition) is 1. The van der Waals surface area contributed by atoms with E-state index in [1.54, 1.807) is 6.07 Å². The van der Waals surface area contributed by atoms with Crippen molar-refractivity contribution >= 4 is 33.2 Å². The lowest BCUT2D eigenvalue weighted by Gasteiger charge is -2.29. The van der Waals surface area contributed by atoms with Crippen LogP contribution in [0.15, 0.2) is 23.1 Å². The van der Waals surface area contributed by atoms with Crippen LogP contribution in [0.2, 0.25) is 10.0 Å². The first-order chi connectivity index (χ1) is 8.90. The molecular weight excluding hydrogens is 305 g/mol. The lowest BCUT2D eigenvalue weighted by Crippen LogP contribution is -2.41. The molecule has 0 radical (unpaired) electrons. The minimum Gasteiger partial charge on any atom is -0.208 e. The van der Waals surface area contributed by atoms with Crippen molar-refractivity contribution in [1.82, 2.24) is 4.72 Å². The Morgan fingerprint density at radius 3 is 2.58 bits per heavy atom. The van der Waals surface area contributed by atoms with Gasteiger partial charge in [-0.25, -0.2) is 13.1 Å². The van der Waals surface area contributed by atoms with Gasteiger partial charge in [0.05, 0.1) is 5.02 Å². The van der Waals surface area contributed by atoms with E-state index < -0.39 is 10.0 Å². The van der Waals surface area contributed by atoms with Gasteiger partial charge in [0.15, 0.2) is 0 Å². The highest BCUT2D eigenvalue weighted by atomic mass is 35.5. The Morgan fingerprint density at radius 1 is 1.21 bits per heavy atom. The summed E-state index contributed by atoms with van der Waals surface area (Å²) in [5, 5.41) is 0.557. The summed E-state index contributed by atoms with van der Waals surface area (Å²) in [6, 6.07) is 4.45. The lowest BCUT2D eigenvalue weighted by atomic mass is 9.87. The minimum absolute atomic E-state index is 0.0196. The SMILES string of the molecule is C[C@@H]1CCCC[C@H]1NS(=O)(=O)c1cc(Cl)ccc1Cl. The molecule has 6 heteroatoms. The fourth-order valence-electron chi connectivity index (χ4n) is 2.44. The summed E-state index contributed by atoms with van der Waals surface area (Å²) in [6.45, 7) is 2.08. The van der Waals surface area contributed by atoms with Gasteiger partial charge in [-0.3, -0.25) is 0 Å². The summed E-state index contributed by atoms with van der Waals surface area (Å²) in [4.78, 5) is 0.0550. The van der Waals surface area contributed by atoms with Gasteiger partial charge >= 0.3 is 0 Å². The first kappa shape index (κ1) is 15.1. The molecule has 0 aliphatic heterocycles. The van der Waals surface area contributed by atoms with Gasteiger partial charge in [0.25, 0.3) is 0 Å². The maximum absolute atomic E-state index is 12.4. The number of rotatable bonds is 3. The third-order valence-electron chi connectivity index (χ3n) is 3.60. The molecule has 0 aromatic heterocycles. The number of nitrogens with one attached hydrogen (secondary N) is 1. The smallest absolute Gasteiger partial charge is 0.208 e. The number of halogens is 2. The predicted octanol–water partition coefficient (Wildman–Crippen LogP) is 3.85. The van der Waals surface area contributed by atoms with Crippen molar-refractivity contribution in [3.8, 4) is 0 Å². The summed E-state index contributed by atoms with van der Waals surface area (Å²) >= 11 is 11.8. The molecule has 1 aliphatic rings. The number of benzene rings is 1. The Bertz CT molecular complexity index is 560. The largest absolute Gasteiger partial charge is 0.242 e. The molecule has 1 N–H and O–H groups in total. The molecule has 1 aliphatic carbocycles. The van der Waals surface area contributed by atoms with Crippen LogP contribution in [0.1, 0.15) is 32.6 Å². The third kappa shape index (κ3) is 3.63. The van der Waals surface area contributed by atoms with Gasteiger partial charge in [-0.15, -0.1) is 0 Å². The van der Waals surface area contributed by atoms with Crippen molar-refractivity contribution in [2.75, 3.05) is 0 Å². The molecule has 0 saturated heterocycles. The van der Waals surface area contributed by atoms with E-state index in [0.717, 1.165) is 25.7 Å². The highest BCUT2D eigenvalue weighted by Gasteiger charge is 2.28. The molecule has 106 valence electrons. The van der Waals surface area contributed by atoms with Crippen LogP contribution in [0, 0.1) is 5.92 Å². The fraction of sp³-hybridized carbons (Fsp3) is 0.538. The molecule has 0 bridgehead atoms. The number of sulfonamides is 1. The molecule has 0 amide bonds. The van der Waals surface area contributed by atoms with Crippen molar-refractivity contribution in [2.24, 2.45) is 5.92 Å². The van der Waals surface area contributed by atoms with Crippen molar-refractivity contribution in [3.05, 3.63) is 28.2 Å². The normalized spacial score (nSPS) is 24.4. The molecule has 1 aromatic carbocycles. The second-order valence-corrected chi connectivity index (χ2v) is 7.59. The van der Waals surface area contributed by atoms with Crippen molar-refractivity contribution in [3.63, 3.8) is 0 Å². The average molecular weight is 322 g/mol. The Morgan fingerprint density at radius 2 is 1.89 bits per heavy atom. The first-order valence-electron chi connectivity index (χ1n) is 6.37.